The SMILES string of the molecule is C1=CC(c2cc3cccn3cn2)Oc2ccc(OCCOc3ccncc3)cc21. The zero-order chi connectivity index (χ0) is 19.5. The van der Waals surface area contributed by atoms with Crippen molar-refractivity contribution in [1.29, 1.82) is 0 Å². The second-order valence-electron chi connectivity index (χ2n) is 6.63. The summed E-state index contributed by atoms with van der Waals surface area (Å²) in [6.07, 6.45) is 11.0. The molecule has 1 aliphatic heterocycles. The summed E-state index contributed by atoms with van der Waals surface area (Å²) in [7, 11) is 0. The summed E-state index contributed by atoms with van der Waals surface area (Å²) in [6.45, 7) is 0.916. The maximum absolute atomic E-state index is 6.14. The first-order valence-corrected chi connectivity index (χ1v) is 9.42. The number of pyridine rings is 1. The molecule has 0 radical (unpaired) electrons. The van der Waals surface area contributed by atoms with Gasteiger partial charge in [-0.05, 0) is 54.6 Å². The molecular weight excluding hydrogens is 366 g/mol. The lowest BCUT2D eigenvalue weighted by molar-refractivity contribution is 0.216. The molecule has 4 aromatic rings. The molecule has 1 unspecified atom stereocenters. The third-order valence-corrected chi connectivity index (χ3v) is 4.69. The average Bonchev–Trinajstić information content (AvgIpc) is 3.25. The van der Waals surface area contributed by atoms with E-state index in [0.717, 1.165) is 34.0 Å². The average molecular weight is 385 g/mol. The highest BCUT2D eigenvalue weighted by atomic mass is 16.5. The predicted octanol–water partition coefficient (Wildman–Crippen LogP) is 4.33. The number of rotatable bonds is 6. The van der Waals surface area contributed by atoms with Crippen LogP contribution in [0.25, 0.3) is 11.6 Å². The Hall–Kier alpha value is -3.80. The Labute approximate surface area is 168 Å². The Bertz CT molecular complexity index is 1150. The highest BCUT2D eigenvalue weighted by Gasteiger charge is 2.18. The molecule has 0 amide bonds. The Morgan fingerprint density at radius 3 is 2.72 bits per heavy atom. The Balaban J connectivity index is 1.22. The number of hydrogen-bond donors (Lipinski definition) is 0. The fourth-order valence-corrected chi connectivity index (χ4v) is 3.24. The van der Waals surface area contributed by atoms with Gasteiger partial charge in [-0.2, -0.15) is 0 Å². The van der Waals surface area contributed by atoms with Crippen LogP contribution in [0.15, 0.2) is 79.5 Å². The van der Waals surface area contributed by atoms with E-state index in [2.05, 4.69) is 9.97 Å². The van der Waals surface area contributed by atoms with Crippen LogP contribution >= 0.6 is 0 Å². The van der Waals surface area contributed by atoms with Crippen molar-refractivity contribution in [1.82, 2.24) is 14.4 Å². The summed E-state index contributed by atoms with van der Waals surface area (Å²) >= 11 is 0. The van der Waals surface area contributed by atoms with Gasteiger partial charge in [0, 0.05) is 29.7 Å². The molecular formula is C23H19N3O3. The zero-order valence-corrected chi connectivity index (χ0v) is 15.6. The summed E-state index contributed by atoms with van der Waals surface area (Å²) in [6, 6.07) is 15.5. The molecule has 4 heterocycles. The van der Waals surface area contributed by atoms with E-state index in [0.29, 0.717) is 13.2 Å². The Morgan fingerprint density at radius 1 is 0.966 bits per heavy atom. The molecule has 144 valence electrons. The minimum absolute atomic E-state index is 0.206. The topological polar surface area (TPSA) is 57.9 Å². The van der Waals surface area contributed by atoms with E-state index in [9.17, 15) is 0 Å². The highest BCUT2D eigenvalue weighted by molar-refractivity contribution is 5.62. The molecule has 6 heteroatoms. The van der Waals surface area contributed by atoms with Gasteiger partial charge in [-0.25, -0.2) is 4.98 Å². The molecule has 1 aromatic carbocycles. The summed E-state index contributed by atoms with van der Waals surface area (Å²) in [5.74, 6) is 2.37. The minimum Gasteiger partial charge on any atom is -0.490 e. The van der Waals surface area contributed by atoms with Crippen LogP contribution in [0.3, 0.4) is 0 Å². The fourth-order valence-electron chi connectivity index (χ4n) is 3.24. The first-order chi connectivity index (χ1) is 14.3. The maximum atomic E-state index is 6.14. The monoisotopic (exact) mass is 385 g/mol. The Kier molecular flexibility index (Phi) is 4.58. The molecule has 0 fully saturated rings. The van der Waals surface area contributed by atoms with Crippen LogP contribution in [0.5, 0.6) is 17.2 Å². The van der Waals surface area contributed by atoms with Crippen LogP contribution in [0.1, 0.15) is 17.4 Å². The van der Waals surface area contributed by atoms with E-state index >= 15 is 0 Å². The van der Waals surface area contributed by atoms with Crippen LogP contribution in [0.2, 0.25) is 0 Å². The number of ether oxygens (including phenoxy) is 3. The summed E-state index contributed by atoms with van der Waals surface area (Å²) in [4.78, 5) is 8.48. The number of benzene rings is 1. The zero-order valence-electron chi connectivity index (χ0n) is 15.6. The smallest absolute Gasteiger partial charge is 0.159 e. The summed E-state index contributed by atoms with van der Waals surface area (Å²) in [5, 5.41) is 0. The van der Waals surface area contributed by atoms with Crippen LogP contribution < -0.4 is 14.2 Å². The van der Waals surface area contributed by atoms with Gasteiger partial charge >= 0.3 is 0 Å². The van der Waals surface area contributed by atoms with Gasteiger partial charge in [0.2, 0.25) is 0 Å². The van der Waals surface area contributed by atoms with Gasteiger partial charge in [0.05, 0.1) is 12.0 Å². The van der Waals surface area contributed by atoms with E-state index in [1.807, 2.05) is 77.6 Å². The molecule has 1 aliphatic rings. The molecule has 29 heavy (non-hydrogen) atoms. The van der Waals surface area contributed by atoms with Gasteiger partial charge < -0.3 is 18.6 Å². The number of fused-ring (bicyclic) bond motifs is 2. The number of hydrogen-bond acceptors (Lipinski definition) is 5. The first kappa shape index (κ1) is 17.3. The van der Waals surface area contributed by atoms with Gasteiger partial charge in [-0.15, -0.1) is 0 Å². The van der Waals surface area contributed by atoms with Crippen molar-refractivity contribution in [2.45, 2.75) is 6.10 Å². The molecule has 5 rings (SSSR count). The molecule has 0 spiro atoms. The lowest BCUT2D eigenvalue weighted by Crippen LogP contribution is -2.12. The molecule has 3 aromatic heterocycles. The molecule has 1 atom stereocenters. The maximum Gasteiger partial charge on any atom is 0.159 e. The lowest BCUT2D eigenvalue weighted by Gasteiger charge is -2.21. The van der Waals surface area contributed by atoms with Crippen molar-refractivity contribution in [3.8, 4) is 17.2 Å². The molecule has 6 nitrogen and oxygen atoms in total. The van der Waals surface area contributed by atoms with Crippen molar-refractivity contribution < 1.29 is 14.2 Å². The van der Waals surface area contributed by atoms with E-state index < -0.39 is 0 Å². The molecule has 0 saturated carbocycles. The van der Waals surface area contributed by atoms with Gasteiger partial charge in [0.1, 0.15) is 30.5 Å². The molecule has 0 saturated heterocycles. The highest BCUT2D eigenvalue weighted by Crippen LogP contribution is 2.34. The first-order valence-electron chi connectivity index (χ1n) is 9.42. The van der Waals surface area contributed by atoms with Gasteiger partial charge in [-0.3, -0.25) is 4.98 Å². The molecule has 0 N–H and O–H groups in total. The quantitative estimate of drug-likeness (QED) is 0.462. The van der Waals surface area contributed by atoms with Gasteiger partial charge in [0.25, 0.3) is 0 Å². The number of aromatic nitrogens is 3. The van der Waals surface area contributed by atoms with Gasteiger partial charge in [-0.1, -0.05) is 6.08 Å². The standard InChI is InChI=1S/C23H19N3O3/c1-2-18-15-21(25-16-26(18)11-1)23-5-3-17-14-20(4-6-22(17)29-23)28-13-12-27-19-7-9-24-10-8-19/h1-11,14-16,23H,12-13H2. The molecule has 0 bridgehead atoms. The van der Waals surface area contributed by atoms with Crippen LogP contribution in [-0.4, -0.2) is 27.6 Å². The number of nitrogens with zero attached hydrogens (tertiary/aromatic N) is 3. The second kappa shape index (κ2) is 7.67. The van der Waals surface area contributed by atoms with E-state index in [4.69, 9.17) is 14.2 Å². The lowest BCUT2D eigenvalue weighted by atomic mass is 10.1. The van der Waals surface area contributed by atoms with Crippen molar-refractivity contribution in [3.63, 3.8) is 0 Å². The van der Waals surface area contributed by atoms with Crippen LogP contribution in [0.4, 0.5) is 0 Å². The minimum atomic E-state index is -0.206. The third kappa shape index (κ3) is 3.78. The second-order valence-corrected chi connectivity index (χ2v) is 6.63. The fraction of sp³-hybridized carbons (Fsp3) is 0.130. The van der Waals surface area contributed by atoms with E-state index in [1.54, 1.807) is 12.4 Å². The van der Waals surface area contributed by atoms with Crippen molar-refractivity contribution in [3.05, 3.63) is 90.8 Å². The van der Waals surface area contributed by atoms with E-state index in [1.165, 1.54) is 0 Å². The summed E-state index contributed by atoms with van der Waals surface area (Å²) < 4.78 is 19.5. The predicted molar refractivity (Wildman–Crippen MR) is 109 cm³/mol. The van der Waals surface area contributed by atoms with Crippen molar-refractivity contribution in [2.75, 3.05) is 13.2 Å². The van der Waals surface area contributed by atoms with E-state index in [-0.39, 0.29) is 6.10 Å². The van der Waals surface area contributed by atoms with Gasteiger partial charge in [0.15, 0.2) is 6.10 Å². The molecule has 0 aliphatic carbocycles. The van der Waals surface area contributed by atoms with Crippen LogP contribution in [0, 0.1) is 0 Å². The van der Waals surface area contributed by atoms with Crippen LogP contribution in [-0.2, 0) is 0 Å². The Morgan fingerprint density at radius 2 is 1.83 bits per heavy atom. The van der Waals surface area contributed by atoms with Crippen molar-refractivity contribution in [2.24, 2.45) is 0 Å². The summed E-state index contributed by atoms with van der Waals surface area (Å²) in [5.41, 5.74) is 2.96. The third-order valence-electron chi connectivity index (χ3n) is 4.69. The normalized spacial score (nSPS) is 15.0. The van der Waals surface area contributed by atoms with Crippen molar-refractivity contribution >= 4 is 11.6 Å². The largest absolute Gasteiger partial charge is 0.490 e.